The maximum atomic E-state index is 13.0. The molecule has 0 aromatic heterocycles. The van der Waals surface area contributed by atoms with E-state index in [0.717, 1.165) is 12.1 Å². The molecule has 0 radical (unpaired) electrons. The molecule has 0 unspecified atom stereocenters. The molecule has 0 saturated carbocycles. The van der Waals surface area contributed by atoms with Gasteiger partial charge in [-0.2, -0.15) is 15.6 Å². The lowest BCUT2D eigenvalue weighted by Crippen LogP contribution is -2.17. The predicted octanol–water partition coefficient (Wildman–Crippen LogP) is 2.54. The van der Waals surface area contributed by atoms with Crippen molar-refractivity contribution in [3.05, 3.63) is 24.0 Å². The molecule has 9 heteroatoms. The van der Waals surface area contributed by atoms with Gasteiger partial charge in [0.2, 0.25) is 5.71 Å². The first-order valence-corrected chi connectivity index (χ1v) is 4.54. The Balaban J connectivity index is 2.96. The number of nitriles is 2. The first kappa shape index (κ1) is 14.3. The SMILES string of the molecule is N#CC(C#N)=NNc1cc(F)cc(OC(F)(F)F)c1. The van der Waals surface area contributed by atoms with Crippen LogP contribution in [-0.4, -0.2) is 12.1 Å². The molecule has 1 aromatic carbocycles. The van der Waals surface area contributed by atoms with Gasteiger partial charge in [0.15, 0.2) is 0 Å². The fourth-order valence-corrected chi connectivity index (χ4v) is 1.02. The van der Waals surface area contributed by atoms with Crippen LogP contribution in [0, 0.1) is 28.5 Å². The molecule has 0 atom stereocenters. The van der Waals surface area contributed by atoms with E-state index in [1.165, 1.54) is 12.1 Å². The number of halogens is 4. The van der Waals surface area contributed by atoms with Gasteiger partial charge >= 0.3 is 6.36 Å². The number of hydrazone groups is 1. The molecule has 0 bridgehead atoms. The Hall–Kier alpha value is -2.81. The summed E-state index contributed by atoms with van der Waals surface area (Å²) in [6.45, 7) is 0. The average Bonchev–Trinajstić information content (AvgIpc) is 2.27. The number of rotatable bonds is 3. The molecule has 0 fully saturated rings. The summed E-state index contributed by atoms with van der Waals surface area (Å²) < 4.78 is 52.4. The van der Waals surface area contributed by atoms with Gasteiger partial charge in [-0.1, -0.05) is 0 Å². The third kappa shape index (κ3) is 4.91. The molecule has 0 aliphatic heterocycles. The molecule has 0 heterocycles. The van der Waals surface area contributed by atoms with E-state index in [-0.39, 0.29) is 5.69 Å². The van der Waals surface area contributed by atoms with Crippen LogP contribution in [0.5, 0.6) is 5.75 Å². The molecule has 0 aliphatic carbocycles. The third-order valence-corrected chi connectivity index (χ3v) is 1.61. The third-order valence-electron chi connectivity index (χ3n) is 1.61. The maximum Gasteiger partial charge on any atom is 0.573 e. The van der Waals surface area contributed by atoms with Gasteiger partial charge in [-0.15, -0.1) is 13.2 Å². The van der Waals surface area contributed by atoms with E-state index >= 15 is 0 Å². The van der Waals surface area contributed by atoms with Crippen LogP contribution in [0.25, 0.3) is 0 Å². The Morgan fingerprint density at radius 2 is 1.84 bits per heavy atom. The number of benzene rings is 1. The number of nitrogens with zero attached hydrogens (tertiary/aromatic N) is 3. The monoisotopic (exact) mass is 272 g/mol. The second-order valence-corrected chi connectivity index (χ2v) is 3.02. The molecule has 1 rings (SSSR count). The Bertz CT molecular complexity index is 567. The molecular formula is C10H4F4N4O. The molecule has 5 nitrogen and oxygen atoms in total. The second kappa shape index (κ2) is 5.69. The Labute approximate surface area is 104 Å². The smallest absolute Gasteiger partial charge is 0.406 e. The van der Waals surface area contributed by atoms with Crippen LogP contribution in [0.4, 0.5) is 23.2 Å². The molecule has 19 heavy (non-hydrogen) atoms. The molecule has 98 valence electrons. The van der Waals surface area contributed by atoms with E-state index in [9.17, 15) is 17.6 Å². The van der Waals surface area contributed by atoms with Crippen molar-refractivity contribution in [2.75, 3.05) is 5.43 Å². The number of ether oxygens (including phenoxy) is 1. The molecule has 0 spiro atoms. The molecular weight excluding hydrogens is 268 g/mol. The van der Waals surface area contributed by atoms with Crippen LogP contribution >= 0.6 is 0 Å². The van der Waals surface area contributed by atoms with Crippen LogP contribution in [0.3, 0.4) is 0 Å². The fourth-order valence-electron chi connectivity index (χ4n) is 1.02. The van der Waals surface area contributed by atoms with Gasteiger partial charge in [0.25, 0.3) is 0 Å². The van der Waals surface area contributed by atoms with E-state index in [2.05, 4.69) is 15.3 Å². The molecule has 0 saturated heterocycles. The van der Waals surface area contributed by atoms with Gasteiger partial charge in [0.05, 0.1) is 5.69 Å². The van der Waals surface area contributed by atoms with E-state index in [1.807, 2.05) is 0 Å². The zero-order valence-electron chi connectivity index (χ0n) is 8.99. The van der Waals surface area contributed by atoms with Crippen molar-refractivity contribution in [2.24, 2.45) is 5.10 Å². The van der Waals surface area contributed by atoms with Crippen molar-refractivity contribution in [3.63, 3.8) is 0 Å². The molecule has 1 N–H and O–H groups in total. The molecule has 1 aromatic rings. The summed E-state index contributed by atoms with van der Waals surface area (Å²) in [6.07, 6.45) is -4.96. The van der Waals surface area contributed by atoms with Gasteiger partial charge in [-0.05, 0) is 6.07 Å². The minimum absolute atomic E-state index is 0.206. The Morgan fingerprint density at radius 1 is 1.21 bits per heavy atom. The van der Waals surface area contributed by atoms with Gasteiger partial charge in [0, 0.05) is 12.1 Å². The number of anilines is 1. The van der Waals surface area contributed by atoms with E-state index in [1.54, 1.807) is 0 Å². The highest BCUT2D eigenvalue weighted by Crippen LogP contribution is 2.26. The Kier molecular flexibility index (Phi) is 4.27. The lowest BCUT2D eigenvalue weighted by atomic mass is 10.3. The molecule has 0 aliphatic rings. The number of hydrogen-bond donors (Lipinski definition) is 1. The largest absolute Gasteiger partial charge is 0.573 e. The summed E-state index contributed by atoms with van der Waals surface area (Å²) in [6, 6.07) is 4.98. The van der Waals surface area contributed by atoms with Crippen molar-refractivity contribution < 1.29 is 22.3 Å². The fraction of sp³-hybridized carbons (Fsp3) is 0.100. The van der Waals surface area contributed by atoms with Crippen LogP contribution < -0.4 is 10.2 Å². The van der Waals surface area contributed by atoms with Crippen LogP contribution in [-0.2, 0) is 0 Å². The Morgan fingerprint density at radius 3 is 2.37 bits per heavy atom. The van der Waals surface area contributed by atoms with Crippen LogP contribution in [0.2, 0.25) is 0 Å². The summed E-state index contributed by atoms with van der Waals surface area (Å²) in [4.78, 5) is 0. The van der Waals surface area contributed by atoms with Crippen molar-refractivity contribution in [2.45, 2.75) is 6.36 Å². The van der Waals surface area contributed by atoms with Gasteiger partial charge in [0.1, 0.15) is 23.7 Å². The zero-order valence-corrected chi connectivity index (χ0v) is 8.99. The van der Waals surface area contributed by atoms with Crippen molar-refractivity contribution >= 4 is 11.4 Å². The average molecular weight is 272 g/mol. The van der Waals surface area contributed by atoms with E-state index in [4.69, 9.17) is 10.5 Å². The quantitative estimate of drug-likeness (QED) is 0.520. The minimum Gasteiger partial charge on any atom is -0.406 e. The first-order chi connectivity index (χ1) is 8.84. The normalized spacial score (nSPS) is 10.0. The van der Waals surface area contributed by atoms with E-state index in [0.29, 0.717) is 6.07 Å². The van der Waals surface area contributed by atoms with Gasteiger partial charge < -0.3 is 4.74 Å². The van der Waals surface area contributed by atoms with E-state index < -0.39 is 23.6 Å². The minimum atomic E-state index is -4.96. The lowest BCUT2D eigenvalue weighted by Gasteiger charge is -2.10. The first-order valence-electron chi connectivity index (χ1n) is 4.54. The predicted molar refractivity (Wildman–Crippen MR) is 55.4 cm³/mol. The summed E-state index contributed by atoms with van der Waals surface area (Å²) in [5, 5.41) is 20.0. The standard InChI is InChI=1S/C10H4F4N4O/c11-6-1-7(17-18-8(4-15)5-16)3-9(2-6)19-10(12,13)14/h1-3,17H. The highest BCUT2D eigenvalue weighted by molar-refractivity contribution is 6.10. The van der Waals surface area contributed by atoms with Crippen molar-refractivity contribution in [1.82, 2.24) is 0 Å². The highest BCUT2D eigenvalue weighted by Gasteiger charge is 2.31. The number of alkyl halides is 3. The van der Waals surface area contributed by atoms with Gasteiger partial charge in [-0.25, -0.2) is 4.39 Å². The highest BCUT2D eigenvalue weighted by atomic mass is 19.4. The summed E-state index contributed by atoms with van der Waals surface area (Å²) in [7, 11) is 0. The molecule has 0 amide bonds. The number of nitrogens with one attached hydrogen (secondary N) is 1. The topological polar surface area (TPSA) is 81.2 Å². The van der Waals surface area contributed by atoms with Gasteiger partial charge in [-0.3, -0.25) is 5.43 Å². The summed E-state index contributed by atoms with van der Waals surface area (Å²) >= 11 is 0. The summed E-state index contributed by atoms with van der Waals surface area (Å²) in [5.74, 6) is -1.80. The summed E-state index contributed by atoms with van der Waals surface area (Å²) in [5.41, 5.74) is 1.30. The van der Waals surface area contributed by atoms with Crippen molar-refractivity contribution in [1.29, 1.82) is 10.5 Å². The zero-order chi connectivity index (χ0) is 14.5. The van der Waals surface area contributed by atoms with Crippen molar-refractivity contribution in [3.8, 4) is 17.9 Å². The lowest BCUT2D eigenvalue weighted by molar-refractivity contribution is -0.274. The van der Waals surface area contributed by atoms with Crippen LogP contribution in [0.1, 0.15) is 0 Å². The van der Waals surface area contributed by atoms with Crippen LogP contribution in [0.15, 0.2) is 23.3 Å². The second-order valence-electron chi connectivity index (χ2n) is 3.02. The maximum absolute atomic E-state index is 13.0. The number of hydrogen-bond acceptors (Lipinski definition) is 5.